The molecule has 0 rings (SSSR count). The fourth-order valence-corrected chi connectivity index (χ4v) is 1.13. The molecule has 0 aliphatic rings. The Hall–Kier alpha value is -0.160. The highest BCUT2D eigenvalue weighted by Crippen LogP contribution is 2.01. The van der Waals surface area contributed by atoms with Crippen LogP contribution in [0.25, 0.3) is 0 Å². The topological polar surface area (TPSA) is 56.5 Å². The summed E-state index contributed by atoms with van der Waals surface area (Å²) in [6, 6.07) is 0.282. The van der Waals surface area contributed by atoms with Crippen molar-refractivity contribution in [3.8, 4) is 0 Å². The normalized spacial score (nSPS) is 13.6. The highest BCUT2D eigenvalue weighted by molar-refractivity contribution is 4.68. The van der Waals surface area contributed by atoms with Gasteiger partial charge in [0.1, 0.15) is 0 Å². The number of ether oxygens (including phenoxy) is 2. The second-order valence-electron chi connectivity index (χ2n) is 3.02. The summed E-state index contributed by atoms with van der Waals surface area (Å²) in [5, 5.41) is 3.33. The molecule has 0 bridgehead atoms. The van der Waals surface area contributed by atoms with Gasteiger partial charge in [-0.15, -0.1) is 0 Å². The van der Waals surface area contributed by atoms with E-state index in [-0.39, 0.29) is 12.3 Å². The molecule has 0 heterocycles. The van der Waals surface area contributed by atoms with Crippen LogP contribution in [-0.4, -0.2) is 39.6 Å². The van der Waals surface area contributed by atoms with Gasteiger partial charge in [0.15, 0.2) is 6.29 Å². The molecular formula is C9H22N2O2. The fraction of sp³-hybridized carbons (Fsp3) is 1.00. The predicted octanol–water partition coefficient (Wildman–Crippen LogP) is 0.322. The number of nitrogens with one attached hydrogen (secondary N) is 1. The zero-order valence-electron chi connectivity index (χ0n) is 8.88. The minimum atomic E-state index is -0.155. The lowest BCUT2D eigenvalue weighted by Crippen LogP contribution is -2.40. The molecule has 1 atom stereocenters. The molecule has 0 fully saturated rings. The molecule has 0 spiro atoms. The minimum Gasteiger partial charge on any atom is -0.356 e. The van der Waals surface area contributed by atoms with Crippen molar-refractivity contribution in [1.82, 2.24) is 5.32 Å². The first kappa shape index (κ1) is 12.8. The molecule has 13 heavy (non-hydrogen) atoms. The second-order valence-corrected chi connectivity index (χ2v) is 3.02. The summed E-state index contributed by atoms with van der Waals surface area (Å²) in [6.07, 6.45) is 1.75. The summed E-state index contributed by atoms with van der Waals surface area (Å²) < 4.78 is 10.2. The fourth-order valence-electron chi connectivity index (χ4n) is 1.13. The molecule has 0 aromatic carbocycles. The third-order valence-electron chi connectivity index (χ3n) is 1.97. The monoisotopic (exact) mass is 190 g/mol. The van der Waals surface area contributed by atoms with Crippen molar-refractivity contribution in [2.45, 2.75) is 32.1 Å². The van der Waals surface area contributed by atoms with E-state index in [0.29, 0.717) is 6.54 Å². The van der Waals surface area contributed by atoms with Crippen LogP contribution in [0.3, 0.4) is 0 Å². The van der Waals surface area contributed by atoms with Crippen molar-refractivity contribution in [2.24, 2.45) is 5.73 Å². The Kier molecular flexibility index (Phi) is 8.33. The van der Waals surface area contributed by atoms with Crippen LogP contribution in [0.15, 0.2) is 0 Å². The summed E-state index contributed by atoms with van der Waals surface area (Å²) >= 11 is 0. The average molecular weight is 190 g/mol. The molecular weight excluding hydrogens is 168 g/mol. The molecule has 0 saturated heterocycles. The van der Waals surface area contributed by atoms with Crippen LogP contribution < -0.4 is 11.1 Å². The highest BCUT2D eigenvalue weighted by atomic mass is 16.7. The lowest BCUT2D eigenvalue weighted by Gasteiger charge is -2.21. The first-order chi connectivity index (χ1) is 6.28. The minimum absolute atomic E-state index is 0.155. The molecule has 0 saturated carbocycles. The molecule has 0 aromatic heterocycles. The zero-order valence-corrected chi connectivity index (χ0v) is 8.88. The van der Waals surface area contributed by atoms with Gasteiger partial charge in [-0.2, -0.15) is 0 Å². The number of hydrogen-bond acceptors (Lipinski definition) is 4. The maximum atomic E-state index is 5.60. The number of rotatable bonds is 8. The van der Waals surface area contributed by atoms with Gasteiger partial charge < -0.3 is 20.5 Å². The van der Waals surface area contributed by atoms with Crippen molar-refractivity contribution in [3.05, 3.63) is 0 Å². The Balaban J connectivity index is 3.67. The van der Waals surface area contributed by atoms with Crippen LogP contribution in [0.1, 0.15) is 19.8 Å². The maximum absolute atomic E-state index is 5.60. The lowest BCUT2D eigenvalue weighted by atomic mass is 10.2. The quantitative estimate of drug-likeness (QED) is 0.541. The van der Waals surface area contributed by atoms with E-state index in [1.807, 2.05) is 0 Å². The van der Waals surface area contributed by atoms with E-state index in [1.54, 1.807) is 14.2 Å². The van der Waals surface area contributed by atoms with E-state index >= 15 is 0 Å². The van der Waals surface area contributed by atoms with E-state index in [4.69, 9.17) is 15.2 Å². The number of methoxy groups -OCH3 is 2. The average Bonchev–Trinajstić information content (AvgIpc) is 2.19. The van der Waals surface area contributed by atoms with Crippen LogP contribution in [0, 0.1) is 0 Å². The first-order valence-electron chi connectivity index (χ1n) is 4.77. The van der Waals surface area contributed by atoms with Gasteiger partial charge in [-0.05, 0) is 13.0 Å². The third kappa shape index (κ3) is 5.99. The molecule has 80 valence electrons. The molecule has 0 amide bonds. The van der Waals surface area contributed by atoms with Crippen molar-refractivity contribution in [3.63, 3.8) is 0 Å². The van der Waals surface area contributed by atoms with Crippen LogP contribution in [0.5, 0.6) is 0 Å². The Morgan fingerprint density at radius 3 is 2.31 bits per heavy atom. The van der Waals surface area contributed by atoms with E-state index < -0.39 is 0 Å². The third-order valence-corrected chi connectivity index (χ3v) is 1.97. The van der Waals surface area contributed by atoms with E-state index in [1.165, 1.54) is 0 Å². The van der Waals surface area contributed by atoms with Crippen LogP contribution in [0.2, 0.25) is 0 Å². The van der Waals surface area contributed by atoms with E-state index in [9.17, 15) is 0 Å². The van der Waals surface area contributed by atoms with Crippen molar-refractivity contribution < 1.29 is 9.47 Å². The van der Waals surface area contributed by atoms with Crippen LogP contribution in [-0.2, 0) is 9.47 Å². The van der Waals surface area contributed by atoms with Gasteiger partial charge in [-0.25, -0.2) is 0 Å². The predicted molar refractivity (Wildman–Crippen MR) is 53.6 cm³/mol. The molecule has 3 N–H and O–H groups in total. The van der Waals surface area contributed by atoms with Crippen LogP contribution >= 0.6 is 0 Å². The van der Waals surface area contributed by atoms with Gasteiger partial charge >= 0.3 is 0 Å². The molecule has 1 unspecified atom stereocenters. The van der Waals surface area contributed by atoms with Crippen molar-refractivity contribution in [2.75, 3.05) is 27.3 Å². The maximum Gasteiger partial charge on any atom is 0.158 e. The summed E-state index contributed by atoms with van der Waals surface area (Å²) in [6.45, 7) is 3.73. The zero-order chi connectivity index (χ0) is 10.1. The smallest absolute Gasteiger partial charge is 0.158 e. The highest BCUT2D eigenvalue weighted by Gasteiger charge is 2.12. The molecule has 4 nitrogen and oxygen atoms in total. The van der Waals surface area contributed by atoms with E-state index in [2.05, 4.69) is 12.2 Å². The molecule has 0 radical (unpaired) electrons. The van der Waals surface area contributed by atoms with Gasteiger partial charge in [0.25, 0.3) is 0 Å². The standard InChI is InChI=1S/C9H22N2O2/c1-4-5-11-8(7-10)6-9(12-2)13-3/h8-9,11H,4-7,10H2,1-3H3. The summed E-state index contributed by atoms with van der Waals surface area (Å²) in [4.78, 5) is 0. The van der Waals surface area contributed by atoms with Gasteiger partial charge in [0.05, 0.1) is 0 Å². The summed E-state index contributed by atoms with van der Waals surface area (Å²) in [5.41, 5.74) is 5.60. The number of nitrogens with two attached hydrogens (primary N) is 1. The Bertz CT molecular complexity index is 108. The Morgan fingerprint density at radius 2 is 1.92 bits per heavy atom. The van der Waals surface area contributed by atoms with Gasteiger partial charge in [-0.1, -0.05) is 6.92 Å². The van der Waals surface area contributed by atoms with Gasteiger partial charge in [0, 0.05) is 33.2 Å². The molecule has 0 aliphatic heterocycles. The van der Waals surface area contributed by atoms with Crippen molar-refractivity contribution >= 4 is 0 Å². The Morgan fingerprint density at radius 1 is 1.31 bits per heavy atom. The summed E-state index contributed by atoms with van der Waals surface area (Å²) in [5.74, 6) is 0. The molecule has 0 aliphatic carbocycles. The molecule has 4 heteroatoms. The van der Waals surface area contributed by atoms with Crippen LogP contribution in [0.4, 0.5) is 0 Å². The van der Waals surface area contributed by atoms with Gasteiger partial charge in [0.2, 0.25) is 0 Å². The van der Waals surface area contributed by atoms with Crippen molar-refractivity contribution in [1.29, 1.82) is 0 Å². The first-order valence-corrected chi connectivity index (χ1v) is 4.77. The molecule has 0 aromatic rings. The Labute approximate surface area is 80.8 Å². The largest absolute Gasteiger partial charge is 0.356 e. The SMILES string of the molecule is CCCNC(CN)CC(OC)OC. The summed E-state index contributed by atoms with van der Waals surface area (Å²) in [7, 11) is 3.28. The van der Waals surface area contributed by atoms with Gasteiger partial charge in [-0.3, -0.25) is 0 Å². The second kappa shape index (κ2) is 8.44. The lowest BCUT2D eigenvalue weighted by molar-refractivity contribution is -0.110. The van der Waals surface area contributed by atoms with E-state index in [0.717, 1.165) is 19.4 Å². The number of hydrogen-bond donors (Lipinski definition) is 2.